The highest BCUT2D eigenvalue weighted by molar-refractivity contribution is 5.23. The van der Waals surface area contributed by atoms with E-state index in [1.807, 2.05) is 13.1 Å². The first-order valence-electron chi connectivity index (χ1n) is 7.81. The molecule has 1 aromatic rings. The second-order valence-corrected chi connectivity index (χ2v) is 5.82. The average Bonchev–Trinajstić information content (AvgIpc) is 2.93. The summed E-state index contributed by atoms with van der Waals surface area (Å²) < 4.78 is 0. The maximum atomic E-state index is 5.95. The van der Waals surface area contributed by atoms with Crippen LogP contribution >= 0.6 is 0 Å². The quantitative estimate of drug-likeness (QED) is 0.619. The minimum Gasteiger partial charge on any atom is -0.296 e. The highest BCUT2D eigenvalue weighted by atomic mass is 15.3. The van der Waals surface area contributed by atoms with Gasteiger partial charge in [0.1, 0.15) is 0 Å². The summed E-state index contributed by atoms with van der Waals surface area (Å²) in [5.41, 5.74) is 5.47. The third-order valence-corrected chi connectivity index (χ3v) is 4.83. The minimum atomic E-state index is 0.134. The molecule has 0 saturated heterocycles. The molecule has 1 heterocycles. The lowest BCUT2D eigenvalue weighted by Gasteiger charge is -2.46. The van der Waals surface area contributed by atoms with E-state index in [9.17, 15) is 0 Å². The first kappa shape index (κ1) is 15.4. The summed E-state index contributed by atoms with van der Waals surface area (Å²) in [6.45, 7) is 8.63. The summed E-state index contributed by atoms with van der Waals surface area (Å²) in [6.07, 6.45) is 6.96. The van der Waals surface area contributed by atoms with Gasteiger partial charge in [-0.05, 0) is 44.5 Å². The van der Waals surface area contributed by atoms with Crippen molar-refractivity contribution in [1.29, 1.82) is 0 Å². The number of aromatic nitrogens is 1. The van der Waals surface area contributed by atoms with Gasteiger partial charge in [-0.1, -0.05) is 32.8 Å². The fourth-order valence-electron chi connectivity index (χ4n) is 3.84. The van der Waals surface area contributed by atoms with E-state index in [1.165, 1.54) is 31.2 Å². The number of nitrogens with one attached hydrogen (secondary N) is 1. The van der Waals surface area contributed by atoms with Crippen molar-refractivity contribution in [1.82, 2.24) is 15.3 Å². The van der Waals surface area contributed by atoms with Gasteiger partial charge in [0.15, 0.2) is 0 Å². The Bertz CT molecular complexity index is 405. The molecule has 1 saturated carbocycles. The van der Waals surface area contributed by atoms with Crippen molar-refractivity contribution in [2.24, 2.45) is 5.84 Å². The predicted molar refractivity (Wildman–Crippen MR) is 83.2 cm³/mol. The summed E-state index contributed by atoms with van der Waals surface area (Å²) in [7, 11) is 0. The molecule has 2 rings (SSSR count). The summed E-state index contributed by atoms with van der Waals surface area (Å²) >= 11 is 0. The zero-order chi connectivity index (χ0) is 14.6. The molecule has 1 aliphatic carbocycles. The second kappa shape index (κ2) is 6.66. The molecule has 20 heavy (non-hydrogen) atoms. The molecule has 1 aliphatic rings. The van der Waals surface area contributed by atoms with Crippen LogP contribution < -0.4 is 11.3 Å². The van der Waals surface area contributed by atoms with Gasteiger partial charge in [-0.15, -0.1) is 0 Å². The predicted octanol–water partition coefficient (Wildman–Crippen LogP) is 2.55. The number of hydrogen-bond acceptors (Lipinski definition) is 4. The zero-order valence-corrected chi connectivity index (χ0v) is 13.0. The SMILES string of the molecule is CCN(CC)C1(C(NN)c2ccc(C)nc2)CCCC1. The summed E-state index contributed by atoms with van der Waals surface area (Å²) in [4.78, 5) is 7.02. The zero-order valence-electron chi connectivity index (χ0n) is 13.0. The topological polar surface area (TPSA) is 54.2 Å². The molecule has 0 aromatic carbocycles. The molecule has 0 spiro atoms. The Morgan fingerprint density at radius 2 is 1.95 bits per heavy atom. The highest BCUT2D eigenvalue weighted by Gasteiger charge is 2.45. The molecule has 1 atom stereocenters. The van der Waals surface area contributed by atoms with Gasteiger partial charge in [0, 0.05) is 17.4 Å². The van der Waals surface area contributed by atoms with Gasteiger partial charge in [0.05, 0.1) is 6.04 Å². The van der Waals surface area contributed by atoms with Gasteiger partial charge in [-0.25, -0.2) is 0 Å². The van der Waals surface area contributed by atoms with Crippen LogP contribution in [0.5, 0.6) is 0 Å². The second-order valence-electron chi connectivity index (χ2n) is 5.82. The van der Waals surface area contributed by atoms with Crippen LogP contribution in [-0.4, -0.2) is 28.5 Å². The number of likely N-dealkylation sites (N-methyl/N-ethyl adjacent to an activating group) is 1. The molecule has 3 N–H and O–H groups in total. The Hall–Kier alpha value is -0.970. The van der Waals surface area contributed by atoms with Crippen molar-refractivity contribution < 1.29 is 0 Å². The molecule has 0 bridgehead atoms. The number of hydrazine groups is 1. The van der Waals surface area contributed by atoms with E-state index >= 15 is 0 Å². The van der Waals surface area contributed by atoms with Crippen LogP contribution in [0.4, 0.5) is 0 Å². The van der Waals surface area contributed by atoms with Crippen molar-refractivity contribution in [3.05, 3.63) is 29.6 Å². The first-order valence-corrected chi connectivity index (χ1v) is 7.81. The Balaban J connectivity index is 2.37. The van der Waals surface area contributed by atoms with Crippen LogP contribution in [0, 0.1) is 6.92 Å². The maximum absolute atomic E-state index is 5.95. The molecule has 1 unspecified atom stereocenters. The lowest BCUT2D eigenvalue weighted by Crippen LogP contribution is -2.56. The monoisotopic (exact) mass is 276 g/mol. The standard InChI is InChI=1S/C16H28N4/c1-4-20(5-2)16(10-6-7-11-16)15(19-17)14-9-8-13(3)18-12-14/h8-9,12,15,19H,4-7,10-11,17H2,1-3H3. The van der Waals surface area contributed by atoms with E-state index in [0.29, 0.717) is 0 Å². The van der Waals surface area contributed by atoms with E-state index < -0.39 is 0 Å². The molecule has 1 aromatic heterocycles. The molecule has 0 amide bonds. The Kier molecular flexibility index (Phi) is 5.13. The maximum Gasteiger partial charge on any atom is 0.0658 e. The third-order valence-electron chi connectivity index (χ3n) is 4.83. The largest absolute Gasteiger partial charge is 0.296 e. The summed E-state index contributed by atoms with van der Waals surface area (Å²) in [5, 5.41) is 0. The van der Waals surface area contributed by atoms with E-state index in [1.54, 1.807) is 0 Å². The van der Waals surface area contributed by atoms with Crippen molar-refractivity contribution in [2.75, 3.05) is 13.1 Å². The van der Waals surface area contributed by atoms with Crippen molar-refractivity contribution in [2.45, 2.75) is 58.0 Å². The van der Waals surface area contributed by atoms with Crippen LogP contribution in [-0.2, 0) is 0 Å². The number of pyridine rings is 1. The number of aryl methyl sites for hydroxylation is 1. The summed E-state index contributed by atoms with van der Waals surface area (Å²) in [6, 6.07) is 4.39. The molecule has 0 radical (unpaired) electrons. The normalized spacial score (nSPS) is 19.4. The van der Waals surface area contributed by atoms with Crippen LogP contribution in [0.25, 0.3) is 0 Å². The molecular weight excluding hydrogens is 248 g/mol. The van der Waals surface area contributed by atoms with Crippen LogP contribution in [0.15, 0.2) is 18.3 Å². The van der Waals surface area contributed by atoms with Crippen LogP contribution in [0.2, 0.25) is 0 Å². The van der Waals surface area contributed by atoms with E-state index in [4.69, 9.17) is 5.84 Å². The van der Waals surface area contributed by atoms with Gasteiger partial charge in [0.2, 0.25) is 0 Å². The average molecular weight is 276 g/mol. The van der Waals surface area contributed by atoms with E-state index in [-0.39, 0.29) is 11.6 Å². The Morgan fingerprint density at radius 3 is 2.40 bits per heavy atom. The number of rotatable bonds is 6. The van der Waals surface area contributed by atoms with Gasteiger partial charge >= 0.3 is 0 Å². The fraction of sp³-hybridized carbons (Fsp3) is 0.688. The summed E-state index contributed by atoms with van der Waals surface area (Å²) in [5.74, 6) is 5.95. The number of nitrogens with two attached hydrogens (primary N) is 1. The van der Waals surface area contributed by atoms with Crippen molar-refractivity contribution in [3.8, 4) is 0 Å². The molecule has 4 nitrogen and oxygen atoms in total. The lowest BCUT2D eigenvalue weighted by atomic mass is 9.82. The van der Waals surface area contributed by atoms with Crippen molar-refractivity contribution >= 4 is 0 Å². The van der Waals surface area contributed by atoms with Crippen LogP contribution in [0.3, 0.4) is 0 Å². The molecule has 4 heteroatoms. The molecule has 112 valence electrons. The van der Waals surface area contributed by atoms with Gasteiger partial charge < -0.3 is 0 Å². The smallest absolute Gasteiger partial charge is 0.0658 e. The van der Waals surface area contributed by atoms with Gasteiger partial charge in [-0.3, -0.25) is 21.2 Å². The Morgan fingerprint density at radius 1 is 1.30 bits per heavy atom. The van der Waals surface area contributed by atoms with Crippen LogP contribution in [0.1, 0.15) is 56.8 Å². The first-order chi connectivity index (χ1) is 9.67. The molecular formula is C16H28N4. The molecule has 1 fully saturated rings. The Labute approximate surface area is 122 Å². The van der Waals surface area contributed by atoms with E-state index in [0.717, 1.165) is 18.8 Å². The third kappa shape index (κ3) is 2.73. The number of nitrogens with zero attached hydrogens (tertiary/aromatic N) is 2. The fourth-order valence-corrected chi connectivity index (χ4v) is 3.84. The van der Waals surface area contributed by atoms with Gasteiger partial charge in [-0.2, -0.15) is 0 Å². The van der Waals surface area contributed by atoms with Gasteiger partial charge in [0.25, 0.3) is 0 Å². The number of hydrogen-bond donors (Lipinski definition) is 2. The molecule has 0 aliphatic heterocycles. The lowest BCUT2D eigenvalue weighted by molar-refractivity contribution is 0.0625. The minimum absolute atomic E-state index is 0.134. The van der Waals surface area contributed by atoms with E-state index in [2.05, 4.69) is 41.3 Å². The highest BCUT2D eigenvalue weighted by Crippen LogP contribution is 2.44. The van der Waals surface area contributed by atoms with Crippen molar-refractivity contribution in [3.63, 3.8) is 0 Å².